The van der Waals surface area contributed by atoms with Crippen LogP contribution in [0.4, 0.5) is 4.79 Å². The van der Waals surface area contributed by atoms with E-state index in [4.69, 9.17) is 29.4 Å². The van der Waals surface area contributed by atoms with Crippen molar-refractivity contribution >= 4 is 12.2 Å². The summed E-state index contributed by atoms with van der Waals surface area (Å²) in [7, 11) is 1.43. The average Bonchev–Trinajstić information content (AvgIpc) is 2.57. The van der Waals surface area contributed by atoms with Gasteiger partial charge in [0, 0.05) is 18.7 Å². The van der Waals surface area contributed by atoms with Gasteiger partial charge in [-0.15, -0.1) is 0 Å². The monoisotopic (exact) mass is 377 g/mol. The molecule has 1 saturated heterocycles. The van der Waals surface area contributed by atoms with Crippen LogP contribution in [0.2, 0.25) is 0 Å². The van der Waals surface area contributed by atoms with Crippen LogP contribution < -0.4 is 15.2 Å². The summed E-state index contributed by atoms with van der Waals surface area (Å²) < 4.78 is 27.7. The van der Waals surface area contributed by atoms with E-state index in [-0.39, 0.29) is 0 Å². The molecule has 8 nitrogen and oxygen atoms in total. The topological polar surface area (TPSA) is 109 Å². The molecule has 1 aromatic carbocycles. The normalized spacial score (nSPS) is 28.8. The van der Waals surface area contributed by atoms with Gasteiger partial charge in [0.15, 0.2) is 6.10 Å². The molecule has 8 heteroatoms. The van der Waals surface area contributed by atoms with Crippen molar-refractivity contribution in [2.75, 3.05) is 7.11 Å². The third kappa shape index (κ3) is 3.92. The van der Waals surface area contributed by atoms with Gasteiger partial charge >= 0.3 is 6.09 Å². The molecule has 0 radical (unpaired) electrons. The summed E-state index contributed by atoms with van der Waals surface area (Å²) in [6, 6.07) is 5.18. The highest BCUT2D eigenvalue weighted by Crippen LogP contribution is 2.36. The molecule has 3 N–H and O–H groups in total. The van der Waals surface area contributed by atoms with E-state index in [0.717, 1.165) is 5.56 Å². The predicted octanol–water partition coefficient (Wildman–Crippen LogP) is 1.96. The summed E-state index contributed by atoms with van der Waals surface area (Å²) in [6.45, 7) is 7.24. The van der Waals surface area contributed by atoms with E-state index >= 15 is 0 Å². The fourth-order valence-corrected chi connectivity index (χ4v) is 3.26. The molecule has 146 valence electrons. The van der Waals surface area contributed by atoms with Gasteiger partial charge in [-0.1, -0.05) is 6.58 Å². The third-order valence-electron chi connectivity index (χ3n) is 4.45. The molecular weight excluding hydrogens is 354 g/mol. The number of allylic oxidation sites excluding steroid dienone is 1. The number of carbonyl (C=O) groups excluding carboxylic acids is 1. The Morgan fingerprint density at radius 2 is 2.07 bits per heavy atom. The summed E-state index contributed by atoms with van der Waals surface area (Å²) in [5, 5.41) is 10.6. The van der Waals surface area contributed by atoms with Crippen LogP contribution in [0.1, 0.15) is 19.4 Å². The fraction of sp³-hybridized carbons (Fsp3) is 0.421. The molecule has 0 aromatic heterocycles. The zero-order chi connectivity index (χ0) is 19.8. The Morgan fingerprint density at radius 3 is 2.74 bits per heavy atom. The second-order valence-electron chi connectivity index (χ2n) is 6.86. The second kappa shape index (κ2) is 7.22. The Bertz CT molecular complexity index is 773. The van der Waals surface area contributed by atoms with Crippen LogP contribution in [0.15, 0.2) is 36.6 Å². The van der Waals surface area contributed by atoms with E-state index in [1.807, 2.05) is 6.08 Å². The number of benzene rings is 1. The maximum Gasteiger partial charge on any atom is 0.405 e. The number of rotatable bonds is 4. The van der Waals surface area contributed by atoms with Crippen molar-refractivity contribution < 1.29 is 33.6 Å². The minimum absolute atomic E-state index is 0.402. The van der Waals surface area contributed by atoms with Crippen LogP contribution in [0.5, 0.6) is 11.5 Å². The smallest absolute Gasteiger partial charge is 0.405 e. The number of primary amides is 1. The van der Waals surface area contributed by atoms with Crippen LogP contribution >= 0.6 is 0 Å². The quantitative estimate of drug-likeness (QED) is 0.825. The van der Waals surface area contributed by atoms with E-state index in [1.165, 1.54) is 7.11 Å². The number of hydrogen-bond donors (Lipinski definition) is 2. The first-order valence-corrected chi connectivity index (χ1v) is 8.41. The highest BCUT2D eigenvalue weighted by molar-refractivity contribution is 5.65. The van der Waals surface area contributed by atoms with Crippen LogP contribution in [0.25, 0.3) is 6.08 Å². The minimum Gasteiger partial charge on any atom is -0.461 e. The van der Waals surface area contributed by atoms with E-state index in [0.29, 0.717) is 17.3 Å². The van der Waals surface area contributed by atoms with Crippen molar-refractivity contribution in [2.45, 2.75) is 44.1 Å². The molecular formula is C19H23NO7. The number of hydrogen-bond acceptors (Lipinski definition) is 7. The molecule has 2 aliphatic heterocycles. The highest BCUT2D eigenvalue weighted by Gasteiger charge is 2.52. The van der Waals surface area contributed by atoms with Crippen molar-refractivity contribution in [1.82, 2.24) is 0 Å². The summed E-state index contributed by atoms with van der Waals surface area (Å²) in [5.41, 5.74) is 5.10. The van der Waals surface area contributed by atoms with Crippen LogP contribution in [-0.4, -0.2) is 48.5 Å². The van der Waals surface area contributed by atoms with E-state index in [9.17, 15) is 9.90 Å². The lowest BCUT2D eigenvalue weighted by Gasteiger charge is -2.47. The largest absolute Gasteiger partial charge is 0.461 e. The van der Waals surface area contributed by atoms with Gasteiger partial charge in [-0.2, -0.15) is 0 Å². The molecule has 2 aliphatic rings. The molecule has 2 heterocycles. The summed E-state index contributed by atoms with van der Waals surface area (Å²) in [5.74, 6) is 1.47. The first kappa shape index (κ1) is 19.2. The number of methoxy groups -OCH3 is 1. The molecule has 0 saturated carbocycles. The lowest BCUT2D eigenvalue weighted by Crippen LogP contribution is -2.65. The summed E-state index contributed by atoms with van der Waals surface area (Å²) in [6.07, 6.45) is -1.65. The molecule has 4 atom stereocenters. The van der Waals surface area contributed by atoms with Gasteiger partial charge in [-0.05, 0) is 38.1 Å². The Morgan fingerprint density at radius 1 is 1.33 bits per heavy atom. The van der Waals surface area contributed by atoms with Crippen molar-refractivity contribution in [1.29, 1.82) is 0 Å². The lowest BCUT2D eigenvalue weighted by atomic mass is 9.89. The molecule has 1 amide bonds. The number of fused-ring (bicyclic) bond motifs is 1. The molecule has 27 heavy (non-hydrogen) atoms. The molecule has 0 spiro atoms. The fourth-order valence-electron chi connectivity index (χ4n) is 3.26. The molecule has 0 bridgehead atoms. The minimum atomic E-state index is -1.20. The van der Waals surface area contributed by atoms with Gasteiger partial charge in [0.1, 0.15) is 29.5 Å². The molecule has 1 fully saturated rings. The number of ether oxygens (including phenoxy) is 5. The van der Waals surface area contributed by atoms with Crippen molar-refractivity contribution in [2.24, 2.45) is 5.73 Å². The third-order valence-corrected chi connectivity index (χ3v) is 4.45. The standard InChI is InChI=1S/C19H23NO7/c1-10-5-6-11-7-8-12(9-13(11)24-10)25-17-15(26-18(20)22)14(21)16(23-4)19(2,3)27-17/h5-9,14-17,21H,1H2,2-4H3,(H2,20,22). The molecule has 1 aromatic rings. The Labute approximate surface area is 157 Å². The number of aliphatic hydroxyl groups excluding tert-OH is 1. The van der Waals surface area contributed by atoms with Gasteiger partial charge in [-0.3, -0.25) is 0 Å². The number of nitrogens with two attached hydrogens (primary N) is 1. The Kier molecular flexibility index (Phi) is 5.14. The second-order valence-corrected chi connectivity index (χ2v) is 6.86. The molecule has 4 unspecified atom stereocenters. The lowest BCUT2D eigenvalue weighted by molar-refractivity contribution is -0.304. The van der Waals surface area contributed by atoms with Gasteiger partial charge < -0.3 is 34.5 Å². The van der Waals surface area contributed by atoms with Crippen LogP contribution in [0.3, 0.4) is 0 Å². The summed E-state index contributed by atoms with van der Waals surface area (Å²) >= 11 is 0. The van der Waals surface area contributed by atoms with E-state index < -0.39 is 36.3 Å². The van der Waals surface area contributed by atoms with Gasteiger partial charge in [0.25, 0.3) is 0 Å². The maximum atomic E-state index is 11.3. The van der Waals surface area contributed by atoms with Crippen molar-refractivity contribution in [3.8, 4) is 11.5 Å². The van der Waals surface area contributed by atoms with Crippen molar-refractivity contribution in [3.63, 3.8) is 0 Å². The Hall–Kier alpha value is -2.55. The maximum absolute atomic E-state index is 11.3. The van der Waals surface area contributed by atoms with E-state index in [2.05, 4.69) is 6.58 Å². The SMILES string of the molecule is C=C1C=Cc2ccc(OC3OC(C)(C)C(OC)C(O)C3OC(N)=O)cc2O1. The highest BCUT2D eigenvalue weighted by atomic mass is 16.7. The molecule has 3 rings (SSSR count). The first-order valence-electron chi connectivity index (χ1n) is 8.41. The summed E-state index contributed by atoms with van der Waals surface area (Å²) in [4.78, 5) is 11.3. The van der Waals surface area contributed by atoms with Crippen LogP contribution in [0, 0.1) is 0 Å². The predicted molar refractivity (Wildman–Crippen MR) is 96.1 cm³/mol. The zero-order valence-electron chi connectivity index (χ0n) is 15.4. The zero-order valence-corrected chi connectivity index (χ0v) is 15.4. The number of carbonyl (C=O) groups is 1. The number of amides is 1. The van der Waals surface area contributed by atoms with Gasteiger partial charge in [0.2, 0.25) is 6.29 Å². The van der Waals surface area contributed by atoms with Crippen molar-refractivity contribution in [3.05, 3.63) is 42.2 Å². The van der Waals surface area contributed by atoms with Gasteiger partial charge in [0.05, 0.1) is 5.60 Å². The molecule has 0 aliphatic carbocycles. The number of aliphatic hydroxyl groups is 1. The van der Waals surface area contributed by atoms with E-state index in [1.54, 1.807) is 38.1 Å². The first-order chi connectivity index (χ1) is 12.7. The Balaban J connectivity index is 1.87. The van der Waals surface area contributed by atoms with Gasteiger partial charge in [-0.25, -0.2) is 4.79 Å². The van der Waals surface area contributed by atoms with Crippen LogP contribution in [-0.2, 0) is 14.2 Å². The average molecular weight is 377 g/mol.